The molecule has 0 aliphatic rings. The lowest BCUT2D eigenvalue weighted by atomic mass is 9.92. The van der Waals surface area contributed by atoms with Crippen LogP contribution in [0.15, 0.2) is 0 Å². The summed E-state index contributed by atoms with van der Waals surface area (Å²) >= 11 is 0. The van der Waals surface area contributed by atoms with Crippen LogP contribution in [0.2, 0.25) is 0 Å². The van der Waals surface area contributed by atoms with Crippen molar-refractivity contribution in [3.05, 3.63) is 0 Å². The van der Waals surface area contributed by atoms with Crippen molar-refractivity contribution in [2.75, 3.05) is 26.2 Å². The van der Waals surface area contributed by atoms with Crippen LogP contribution in [0.3, 0.4) is 0 Å². The van der Waals surface area contributed by atoms with Crippen molar-refractivity contribution >= 4 is 5.91 Å². The van der Waals surface area contributed by atoms with E-state index in [1.807, 2.05) is 6.92 Å². The highest BCUT2D eigenvalue weighted by atomic mass is 16.2. The van der Waals surface area contributed by atoms with E-state index in [0.29, 0.717) is 6.54 Å². The third-order valence-corrected chi connectivity index (χ3v) is 3.70. The molecule has 0 aliphatic carbocycles. The summed E-state index contributed by atoms with van der Waals surface area (Å²) in [6.07, 6.45) is 4.47. The highest BCUT2D eigenvalue weighted by Crippen LogP contribution is 2.17. The SMILES string of the molecule is CCCCCNC(=O)C(C)N(CCC)CC(C)(C)CN. The lowest BCUT2D eigenvalue weighted by Crippen LogP contribution is -2.50. The molecule has 0 radical (unpaired) electrons. The number of hydrogen-bond donors (Lipinski definition) is 2. The summed E-state index contributed by atoms with van der Waals surface area (Å²) in [6.45, 7) is 13.8. The molecule has 0 fully saturated rings. The first-order valence-corrected chi connectivity index (χ1v) is 8.09. The second-order valence-corrected chi connectivity index (χ2v) is 6.51. The van der Waals surface area contributed by atoms with E-state index in [2.05, 4.69) is 37.9 Å². The van der Waals surface area contributed by atoms with Gasteiger partial charge >= 0.3 is 0 Å². The van der Waals surface area contributed by atoms with Gasteiger partial charge in [0, 0.05) is 13.1 Å². The fourth-order valence-electron chi connectivity index (χ4n) is 2.21. The van der Waals surface area contributed by atoms with Crippen molar-refractivity contribution in [3.8, 4) is 0 Å². The predicted octanol–water partition coefficient (Wildman–Crippen LogP) is 2.38. The first kappa shape index (κ1) is 19.4. The topological polar surface area (TPSA) is 58.4 Å². The normalized spacial score (nSPS) is 13.6. The lowest BCUT2D eigenvalue weighted by molar-refractivity contribution is -0.126. The zero-order valence-corrected chi connectivity index (χ0v) is 14.2. The minimum absolute atomic E-state index is 0.0475. The van der Waals surface area contributed by atoms with Crippen LogP contribution < -0.4 is 11.1 Å². The van der Waals surface area contributed by atoms with E-state index >= 15 is 0 Å². The molecule has 1 atom stereocenters. The number of nitrogens with one attached hydrogen (secondary N) is 1. The van der Waals surface area contributed by atoms with E-state index in [0.717, 1.165) is 32.5 Å². The summed E-state index contributed by atoms with van der Waals surface area (Å²) in [5.41, 5.74) is 5.86. The number of amides is 1. The molecule has 0 saturated heterocycles. The zero-order valence-electron chi connectivity index (χ0n) is 14.2. The molecule has 4 heteroatoms. The standard InChI is InChI=1S/C16H35N3O/c1-6-8-9-10-18-15(20)14(3)19(11-7-2)13-16(4,5)12-17/h14H,6-13,17H2,1-5H3,(H,18,20). The Kier molecular flexibility index (Phi) is 9.86. The Labute approximate surface area is 125 Å². The second-order valence-electron chi connectivity index (χ2n) is 6.51. The van der Waals surface area contributed by atoms with Gasteiger partial charge in [-0.15, -0.1) is 0 Å². The van der Waals surface area contributed by atoms with Gasteiger partial charge in [0.15, 0.2) is 0 Å². The first-order chi connectivity index (χ1) is 9.37. The molecule has 3 N–H and O–H groups in total. The van der Waals surface area contributed by atoms with Crippen molar-refractivity contribution in [1.29, 1.82) is 0 Å². The van der Waals surface area contributed by atoms with Crippen LogP contribution >= 0.6 is 0 Å². The maximum atomic E-state index is 12.2. The van der Waals surface area contributed by atoms with Crippen molar-refractivity contribution in [1.82, 2.24) is 10.2 Å². The Hall–Kier alpha value is -0.610. The zero-order chi connectivity index (χ0) is 15.6. The first-order valence-electron chi connectivity index (χ1n) is 8.09. The third kappa shape index (κ3) is 7.85. The number of carbonyl (C=O) groups excluding carboxylic acids is 1. The molecular weight excluding hydrogens is 250 g/mol. The predicted molar refractivity (Wildman–Crippen MR) is 86.7 cm³/mol. The average Bonchev–Trinajstić information content (AvgIpc) is 2.42. The van der Waals surface area contributed by atoms with Crippen molar-refractivity contribution in [2.24, 2.45) is 11.1 Å². The summed E-state index contributed by atoms with van der Waals surface area (Å²) in [6, 6.07) is -0.0811. The minimum atomic E-state index is -0.0811. The lowest BCUT2D eigenvalue weighted by Gasteiger charge is -2.35. The van der Waals surface area contributed by atoms with E-state index in [-0.39, 0.29) is 17.4 Å². The Morgan fingerprint density at radius 1 is 1.25 bits per heavy atom. The number of unbranched alkanes of at least 4 members (excludes halogenated alkanes) is 2. The van der Waals surface area contributed by atoms with Crippen LogP contribution in [0.1, 0.15) is 60.3 Å². The molecule has 0 saturated carbocycles. The van der Waals surface area contributed by atoms with Crippen LogP contribution in [0.5, 0.6) is 0 Å². The van der Waals surface area contributed by atoms with Gasteiger partial charge in [-0.25, -0.2) is 0 Å². The van der Waals surface area contributed by atoms with Crippen LogP contribution in [-0.4, -0.2) is 43.0 Å². The van der Waals surface area contributed by atoms with Crippen LogP contribution in [0.4, 0.5) is 0 Å². The molecule has 120 valence electrons. The highest BCUT2D eigenvalue weighted by Gasteiger charge is 2.26. The fourth-order valence-corrected chi connectivity index (χ4v) is 2.21. The van der Waals surface area contributed by atoms with Crippen LogP contribution in [0, 0.1) is 5.41 Å². The van der Waals surface area contributed by atoms with Gasteiger partial charge in [0.2, 0.25) is 5.91 Å². The van der Waals surface area contributed by atoms with Gasteiger partial charge in [-0.2, -0.15) is 0 Å². The molecule has 20 heavy (non-hydrogen) atoms. The molecular formula is C16H35N3O. The number of nitrogens with two attached hydrogens (primary N) is 1. The molecule has 0 aromatic rings. The Morgan fingerprint density at radius 3 is 2.40 bits per heavy atom. The second kappa shape index (κ2) is 10.2. The molecule has 0 aromatic heterocycles. The molecule has 1 unspecified atom stereocenters. The highest BCUT2D eigenvalue weighted by molar-refractivity contribution is 5.81. The van der Waals surface area contributed by atoms with E-state index in [1.54, 1.807) is 0 Å². The van der Waals surface area contributed by atoms with E-state index in [9.17, 15) is 4.79 Å². The van der Waals surface area contributed by atoms with Crippen molar-refractivity contribution < 1.29 is 4.79 Å². The smallest absolute Gasteiger partial charge is 0.237 e. The average molecular weight is 285 g/mol. The number of nitrogens with zero attached hydrogens (tertiary/aromatic N) is 1. The molecule has 0 rings (SSSR count). The van der Waals surface area contributed by atoms with Crippen LogP contribution in [0.25, 0.3) is 0 Å². The Balaban J connectivity index is 4.39. The molecule has 0 bridgehead atoms. The molecule has 0 heterocycles. The van der Waals surface area contributed by atoms with E-state index < -0.39 is 0 Å². The number of hydrogen-bond acceptors (Lipinski definition) is 3. The van der Waals surface area contributed by atoms with Gasteiger partial charge in [-0.3, -0.25) is 9.69 Å². The summed E-state index contributed by atoms with van der Waals surface area (Å²) in [7, 11) is 0. The van der Waals surface area contributed by atoms with E-state index in [4.69, 9.17) is 5.73 Å². The molecule has 4 nitrogen and oxygen atoms in total. The molecule has 0 spiro atoms. The van der Waals surface area contributed by atoms with Gasteiger partial charge < -0.3 is 11.1 Å². The van der Waals surface area contributed by atoms with Gasteiger partial charge in [-0.1, -0.05) is 40.5 Å². The van der Waals surface area contributed by atoms with Gasteiger partial charge in [0.05, 0.1) is 6.04 Å². The largest absolute Gasteiger partial charge is 0.355 e. The van der Waals surface area contributed by atoms with Gasteiger partial charge in [0.1, 0.15) is 0 Å². The van der Waals surface area contributed by atoms with E-state index in [1.165, 1.54) is 12.8 Å². The summed E-state index contributed by atoms with van der Waals surface area (Å²) in [5.74, 6) is 0.141. The minimum Gasteiger partial charge on any atom is -0.355 e. The number of carbonyl (C=O) groups is 1. The molecule has 0 aliphatic heterocycles. The van der Waals surface area contributed by atoms with Crippen LogP contribution in [-0.2, 0) is 4.79 Å². The fraction of sp³-hybridized carbons (Fsp3) is 0.938. The quantitative estimate of drug-likeness (QED) is 0.573. The Bertz CT molecular complexity index is 266. The monoisotopic (exact) mass is 285 g/mol. The maximum Gasteiger partial charge on any atom is 0.237 e. The van der Waals surface area contributed by atoms with Gasteiger partial charge in [-0.05, 0) is 38.3 Å². The Morgan fingerprint density at radius 2 is 1.90 bits per heavy atom. The summed E-state index contributed by atoms with van der Waals surface area (Å²) in [4.78, 5) is 14.5. The third-order valence-electron chi connectivity index (χ3n) is 3.70. The van der Waals surface area contributed by atoms with Gasteiger partial charge in [0.25, 0.3) is 0 Å². The maximum absolute atomic E-state index is 12.2. The molecule has 0 aromatic carbocycles. The number of rotatable bonds is 11. The van der Waals surface area contributed by atoms with Crippen molar-refractivity contribution in [2.45, 2.75) is 66.3 Å². The summed E-state index contributed by atoms with van der Waals surface area (Å²) < 4.78 is 0. The van der Waals surface area contributed by atoms with Crippen molar-refractivity contribution in [3.63, 3.8) is 0 Å². The summed E-state index contributed by atoms with van der Waals surface area (Å²) in [5, 5.41) is 3.05. The molecule has 1 amide bonds.